The van der Waals surface area contributed by atoms with Crippen molar-refractivity contribution in [2.24, 2.45) is 7.05 Å². The highest BCUT2D eigenvalue weighted by Gasteiger charge is 2.26. The molecule has 1 aliphatic heterocycles. The van der Waals surface area contributed by atoms with Gasteiger partial charge in [-0.05, 0) is 39.4 Å². The van der Waals surface area contributed by atoms with E-state index in [1.165, 1.54) is 22.4 Å². The number of nitrogens with zero attached hydrogens (tertiary/aromatic N) is 4. The van der Waals surface area contributed by atoms with E-state index in [1.54, 1.807) is 29.3 Å². The van der Waals surface area contributed by atoms with Crippen molar-refractivity contribution in [3.63, 3.8) is 0 Å². The van der Waals surface area contributed by atoms with Gasteiger partial charge in [-0.15, -0.1) is 22.7 Å². The third-order valence-electron chi connectivity index (χ3n) is 4.50. The molecule has 4 rings (SSSR count). The summed E-state index contributed by atoms with van der Waals surface area (Å²) in [7, 11) is 1.77. The van der Waals surface area contributed by atoms with Crippen molar-refractivity contribution in [3.8, 4) is 6.07 Å². The monoisotopic (exact) mass is 461 g/mol. The minimum atomic E-state index is -0.238. The van der Waals surface area contributed by atoms with Gasteiger partial charge in [-0.1, -0.05) is 0 Å². The highest BCUT2D eigenvalue weighted by atomic mass is 79.9. The number of aryl methyl sites for hydroxylation is 1. The molecule has 1 amide bonds. The zero-order chi connectivity index (χ0) is 19.0. The summed E-state index contributed by atoms with van der Waals surface area (Å²) in [5, 5.41) is 19.3. The van der Waals surface area contributed by atoms with Gasteiger partial charge in [-0.25, -0.2) is 0 Å². The first-order chi connectivity index (χ1) is 13.0. The molecule has 0 aromatic carbocycles. The zero-order valence-corrected chi connectivity index (χ0v) is 17.7. The Bertz CT molecular complexity index is 1040. The normalized spacial score (nSPS) is 14.0. The standard InChI is InChI=1S/C18H16BrN5OS2/c1-23-8-11(7-21-23)17(25)22-18-13(6-20)12-2-4-24(9-15(12)27-18)10-16-14(19)3-5-26-16/h3,5,7-8H,2,4,9-10H2,1H3,(H,22,25). The van der Waals surface area contributed by atoms with Crippen LogP contribution in [0.25, 0.3) is 0 Å². The lowest BCUT2D eigenvalue weighted by molar-refractivity contribution is 0.102. The summed E-state index contributed by atoms with van der Waals surface area (Å²) < 4.78 is 2.73. The maximum absolute atomic E-state index is 12.4. The second-order valence-corrected chi connectivity index (χ2v) is 9.29. The van der Waals surface area contributed by atoms with Crippen LogP contribution in [0.5, 0.6) is 0 Å². The number of fused-ring (bicyclic) bond motifs is 1. The van der Waals surface area contributed by atoms with Crippen molar-refractivity contribution in [3.05, 3.63) is 54.8 Å². The fourth-order valence-corrected chi connectivity index (χ4v) is 5.91. The largest absolute Gasteiger partial charge is 0.312 e. The second-order valence-electron chi connectivity index (χ2n) is 6.33. The number of amides is 1. The third kappa shape index (κ3) is 3.71. The van der Waals surface area contributed by atoms with Crippen LogP contribution in [-0.4, -0.2) is 27.1 Å². The van der Waals surface area contributed by atoms with Crippen LogP contribution >= 0.6 is 38.6 Å². The molecular formula is C18H16BrN5OS2. The molecule has 3 aromatic rings. The lowest BCUT2D eigenvalue weighted by Crippen LogP contribution is -2.29. The summed E-state index contributed by atoms with van der Waals surface area (Å²) in [4.78, 5) is 17.3. The summed E-state index contributed by atoms with van der Waals surface area (Å²) in [6.45, 7) is 2.58. The molecule has 0 aliphatic carbocycles. The second kappa shape index (κ2) is 7.56. The molecule has 0 saturated heterocycles. The van der Waals surface area contributed by atoms with E-state index in [-0.39, 0.29) is 5.91 Å². The number of hydrogen-bond donors (Lipinski definition) is 1. The number of rotatable bonds is 4. The summed E-state index contributed by atoms with van der Waals surface area (Å²) in [5.74, 6) is -0.238. The number of carbonyl (C=O) groups is 1. The maximum Gasteiger partial charge on any atom is 0.259 e. The van der Waals surface area contributed by atoms with Crippen LogP contribution in [0, 0.1) is 11.3 Å². The first-order valence-electron chi connectivity index (χ1n) is 8.34. The van der Waals surface area contributed by atoms with E-state index in [0.717, 1.165) is 41.0 Å². The topological polar surface area (TPSA) is 74.0 Å². The Labute approximate surface area is 173 Å². The molecule has 0 fully saturated rings. The van der Waals surface area contributed by atoms with Crippen LogP contribution < -0.4 is 5.32 Å². The first kappa shape index (κ1) is 18.4. The fraction of sp³-hybridized carbons (Fsp3) is 0.278. The van der Waals surface area contributed by atoms with Crippen molar-refractivity contribution in [1.29, 1.82) is 5.26 Å². The predicted octanol–water partition coefficient (Wildman–Crippen LogP) is 3.99. The van der Waals surface area contributed by atoms with Crippen LogP contribution in [0.1, 0.15) is 31.2 Å². The van der Waals surface area contributed by atoms with E-state index in [4.69, 9.17) is 0 Å². The molecule has 27 heavy (non-hydrogen) atoms. The van der Waals surface area contributed by atoms with Crippen molar-refractivity contribution >= 4 is 49.5 Å². The Morgan fingerprint density at radius 2 is 2.37 bits per heavy atom. The van der Waals surface area contributed by atoms with Crippen molar-refractivity contribution in [2.45, 2.75) is 19.5 Å². The van der Waals surface area contributed by atoms with E-state index < -0.39 is 0 Å². The zero-order valence-electron chi connectivity index (χ0n) is 14.5. The van der Waals surface area contributed by atoms with Crippen LogP contribution in [0.2, 0.25) is 0 Å². The lowest BCUT2D eigenvalue weighted by Gasteiger charge is -2.26. The number of thiophene rings is 2. The Balaban J connectivity index is 1.54. The van der Waals surface area contributed by atoms with E-state index in [1.807, 2.05) is 0 Å². The van der Waals surface area contributed by atoms with Crippen LogP contribution in [0.15, 0.2) is 28.3 Å². The molecule has 0 atom stereocenters. The Hall–Kier alpha value is -1.99. The average molecular weight is 462 g/mol. The van der Waals surface area contributed by atoms with Crippen LogP contribution in [0.3, 0.4) is 0 Å². The number of halogens is 1. The van der Waals surface area contributed by atoms with Crippen molar-refractivity contribution in [1.82, 2.24) is 14.7 Å². The van der Waals surface area contributed by atoms with Gasteiger partial charge in [-0.2, -0.15) is 10.4 Å². The molecule has 9 heteroatoms. The molecule has 0 saturated carbocycles. The number of aromatic nitrogens is 2. The van der Waals surface area contributed by atoms with Gasteiger partial charge in [0.05, 0.1) is 17.3 Å². The van der Waals surface area contributed by atoms with E-state index in [2.05, 4.69) is 48.8 Å². The smallest absolute Gasteiger partial charge is 0.259 e. The van der Waals surface area contributed by atoms with Gasteiger partial charge < -0.3 is 5.32 Å². The Morgan fingerprint density at radius 3 is 3.04 bits per heavy atom. The van der Waals surface area contributed by atoms with Gasteiger partial charge in [0.15, 0.2) is 0 Å². The van der Waals surface area contributed by atoms with Crippen molar-refractivity contribution < 1.29 is 4.79 Å². The molecule has 0 radical (unpaired) electrons. The van der Waals surface area contributed by atoms with Gasteiger partial charge in [0.2, 0.25) is 0 Å². The summed E-state index contributed by atoms with van der Waals surface area (Å²) in [6, 6.07) is 4.36. The molecule has 3 aromatic heterocycles. The van der Waals surface area contributed by atoms with Crippen molar-refractivity contribution in [2.75, 3.05) is 11.9 Å². The summed E-state index contributed by atoms with van der Waals surface area (Å²) >= 11 is 6.84. The highest BCUT2D eigenvalue weighted by molar-refractivity contribution is 9.10. The highest BCUT2D eigenvalue weighted by Crippen LogP contribution is 2.37. The Morgan fingerprint density at radius 1 is 1.52 bits per heavy atom. The number of nitriles is 1. The molecule has 138 valence electrons. The molecule has 4 heterocycles. The van der Waals surface area contributed by atoms with Gasteiger partial charge in [0, 0.05) is 47.1 Å². The van der Waals surface area contributed by atoms with Gasteiger partial charge in [-0.3, -0.25) is 14.4 Å². The summed E-state index contributed by atoms with van der Waals surface area (Å²) in [6.07, 6.45) is 4.01. The van der Waals surface area contributed by atoms with E-state index in [9.17, 15) is 10.1 Å². The molecule has 1 N–H and O–H groups in total. The van der Waals surface area contributed by atoms with E-state index >= 15 is 0 Å². The SMILES string of the molecule is Cn1cc(C(=O)Nc2sc3c(c2C#N)CCN(Cc2sccc2Br)C3)cn1. The van der Waals surface area contributed by atoms with Gasteiger partial charge in [0.25, 0.3) is 5.91 Å². The first-order valence-corrected chi connectivity index (χ1v) is 10.8. The molecule has 6 nitrogen and oxygen atoms in total. The third-order valence-corrected chi connectivity index (χ3v) is 7.54. The van der Waals surface area contributed by atoms with Gasteiger partial charge >= 0.3 is 0 Å². The van der Waals surface area contributed by atoms with E-state index in [0.29, 0.717) is 16.1 Å². The Kier molecular flexibility index (Phi) is 5.14. The predicted molar refractivity (Wildman–Crippen MR) is 110 cm³/mol. The number of carbonyl (C=O) groups excluding carboxylic acids is 1. The van der Waals surface area contributed by atoms with Crippen LogP contribution in [-0.2, 0) is 26.6 Å². The number of anilines is 1. The minimum Gasteiger partial charge on any atom is -0.312 e. The molecule has 1 aliphatic rings. The maximum atomic E-state index is 12.4. The molecular weight excluding hydrogens is 446 g/mol. The number of hydrogen-bond acceptors (Lipinski definition) is 6. The molecule has 0 spiro atoms. The average Bonchev–Trinajstić information content (AvgIpc) is 3.34. The minimum absolute atomic E-state index is 0.238. The van der Waals surface area contributed by atoms with Gasteiger partial charge in [0.1, 0.15) is 11.1 Å². The quantitative estimate of drug-likeness (QED) is 0.637. The number of nitrogens with one attached hydrogen (secondary N) is 1. The molecule has 0 bridgehead atoms. The fourth-order valence-electron chi connectivity index (χ4n) is 3.15. The molecule has 0 unspecified atom stereocenters. The summed E-state index contributed by atoms with van der Waals surface area (Å²) in [5.41, 5.74) is 2.16. The van der Waals surface area contributed by atoms with Crippen LogP contribution in [0.4, 0.5) is 5.00 Å². The lowest BCUT2D eigenvalue weighted by atomic mass is 10.0.